The number of morpholine rings is 1. The molecule has 3 aliphatic rings. The number of benzene rings is 1. The van der Waals surface area contributed by atoms with E-state index >= 15 is 0 Å². The minimum Gasteiger partial charge on any atom is -0.378 e. The molecular weight excluding hydrogens is 576 g/mol. The Bertz CT molecular complexity index is 1670. The molecule has 1 saturated carbocycles. The molecule has 0 radical (unpaired) electrons. The van der Waals surface area contributed by atoms with Gasteiger partial charge in [-0.3, -0.25) is 19.6 Å². The molecule has 44 heavy (non-hydrogen) atoms. The first-order valence-electron chi connectivity index (χ1n) is 15.6. The Balaban J connectivity index is 1.06. The average molecular weight is 615 g/mol. The summed E-state index contributed by atoms with van der Waals surface area (Å²) in [6, 6.07) is 8.34. The highest BCUT2D eigenvalue weighted by molar-refractivity contribution is 7.19. The van der Waals surface area contributed by atoms with Gasteiger partial charge in [-0.15, -0.1) is 11.3 Å². The van der Waals surface area contributed by atoms with Gasteiger partial charge in [0.2, 0.25) is 11.8 Å². The third-order valence-electron chi connectivity index (χ3n) is 9.06. The van der Waals surface area contributed by atoms with E-state index in [4.69, 9.17) is 14.7 Å². The molecule has 3 fully saturated rings. The molecule has 2 atom stereocenters. The van der Waals surface area contributed by atoms with Crippen LogP contribution in [0.1, 0.15) is 30.6 Å². The monoisotopic (exact) mass is 614 g/mol. The van der Waals surface area contributed by atoms with Crippen LogP contribution in [-0.4, -0.2) is 100 Å². The van der Waals surface area contributed by atoms with E-state index in [9.17, 15) is 9.59 Å². The normalized spacial score (nSPS) is 21.5. The minimum absolute atomic E-state index is 0.0210. The number of anilines is 1. The summed E-state index contributed by atoms with van der Waals surface area (Å²) in [4.78, 5) is 43.3. The molecule has 2 N–H and O–H groups in total. The lowest BCUT2D eigenvalue weighted by Crippen LogP contribution is -2.51. The van der Waals surface area contributed by atoms with Crippen LogP contribution in [0.2, 0.25) is 0 Å². The average Bonchev–Trinajstić information content (AvgIpc) is 3.71. The molecule has 5 heterocycles. The Morgan fingerprint density at radius 1 is 1.11 bits per heavy atom. The van der Waals surface area contributed by atoms with Gasteiger partial charge in [0.15, 0.2) is 11.6 Å². The van der Waals surface area contributed by atoms with Gasteiger partial charge in [0.05, 0.1) is 35.1 Å². The lowest BCUT2D eigenvalue weighted by atomic mass is 9.84. The molecule has 1 aromatic carbocycles. The highest BCUT2D eigenvalue weighted by Gasteiger charge is 2.32. The number of carbonyl (C=O) groups is 2. The van der Waals surface area contributed by atoms with Gasteiger partial charge in [0, 0.05) is 73.6 Å². The van der Waals surface area contributed by atoms with Gasteiger partial charge in [-0.25, -0.2) is 9.97 Å². The summed E-state index contributed by atoms with van der Waals surface area (Å²) in [6.45, 7) is 10.4. The van der Waals surface area contributed by atoms with Gasteiger partial charge >= 0.3 is 0 Å². The van der Waals surface area contributed by atoms with Gasteiger partial charge in [-0.1, -0.05) is 25.1 Å². The van der Waals surface area contributed by atoms with E-state index < -0.39 is 0 Å². The third kappa shape index (κ3) is 5.93. The van der Waals surface area contributed by atoms with E-state index in [2.05, 4.69) is 44.0 Å². The maximum Gasteiger partial charge on any atom is 0.243 e. The molecule has 2 saturated heterocycles. The quantitative estimate of drug-likeness (QED) is 0.303. The molecule has 3 aromatic heterocycles. The van der Waals surface area contributed by atoms with Crippen LogP contribution in [0.25, 0.3) is 32.5 Å². The topological polar surface area (TPSA) is 120 Å². The number of H-pyrrole nitrogens is 1. The summed E-state index contributed by atoms with van der Waals surface area (Å²) in [5.41, 5.74) is 2.89. The molecule has 0 spiro atoms. The van der Waals surface area contributed by atoms with Crippen LogP contribution < -0.4 is 10.2 Å². The highest BCUT2D eigenvalue weighted by atomic mass is 32.1. The minimum atomic E-state index is -0.160. The number of nitrogens with zero attached hydrogens (tertiary/aromatic N) is 6. The zero-order chi connectivity index (χ0) is 30.0. The fourth-order valence-corrected chi connectivity index (χ4v) is 7.88. The van der Waals surface area contributed by atoms with E-state index in [1.54, 1.807) is 11.3 Å². The number of hydrogen-bond acceptors (Lipinski definition) is 9. The van der Waals surface area contributed by atoms with Crippen LogP contribution in [0.15, 0.2) is 43.1 Å². The Hall–Kier alpha value is -3.87. The first-order chi connectivity index (χ1) is 21.6. The van der Waals surface area contributed by atoms with Crippen LogP contribution in [-0.2, 0) is 20.9 Å². The number of aromatic amines is 1. The van der Waals surface area contributed by atoms with Crippen molar-refractivity contribution in [1.82, 2.24) is 35.3 Å². The van der Waals surface area contributed by atoms with Crippen molar-refractivity contribution < 1.29 is 14.3 Å². The lowest BCUT2D eigenvalue weighted by Gasteiger charge is -2.38. The number of amides is 2. The van der Waals surface area contributed by atoms with Crippen molar-refractivity contribution in [2.45, 2.75) is 38.3 Å². The van der Waals surface area contributed by atoms with Gasteiger partial charge in [0.1, 0.15) is 0 Å². The molecule has 0 bridgehead atoms. The standard InChI is InChI=1S/C32H38N8O3S/c1-2-28(41)34-22-6-3-5-21(17-22)32(42)40-11-9-38(10-12-40)20-23-18-27-29(44-23)31(39-13-15-43-16-14-39)36-30(35-27)24-7-4-8-26-25(24)19-33-37-26/h2,4,7-8,18-19,21-22H,1,3,5-6,9-17,20H2,(H,33,37)(H,34,41)/t21-,22+/m0/s1. The number of piperazine rings is 1. The number of hydrogen-bond donors (Lipinski definition) is 2. The second kappa shape index (κ2) is 12.6. The number of thiophene rings is 1. The summed E-state index contributed by atoms with van der Waals surface area (Å²) < 4.78 is 6.75. The summed E-state index contributed by atoms with van der Waals surface area (Å²) in [6.07, 6.45) is 6.62. The molecular formula is C32H38N8O3S. The van der Waals surface area contributed by atoms with Crippen molar-refractivity contribution in [1.29, 1.82) is 0 Å². The largest absolute Gasteiger partial charge is 0.378 e. The number of carbonyl (C=O) groups excluding carboxylic acids is 2. The van der Waals surface area contributed by atoms with Crippen molar-refractivity contribution in [3.63, 3.8) is 0 Å². The zero-order valence-corrected chi connectivity index (χ0v) is 25.7. The zero-order valence-electron chi connectivity index (χ0n) is 24.8. The summed E-state index contributed by atoms with van der Waals surface area (Å²) in [7, 11) is 0. The van der Waals surface area contributed by atoms with Crippen LogP contribution in [0.5, 0.6) is 0 Å². The number of ether oxygens (including phenoxy) is 1. The predicted octanol–water partition coefficient (Wildman–Crippen LogP) is 3.58. The number of rotatable bonds is 7. The van der Waals surface area contributed by atoms with Crippen LogP contribution in [0.4, 0.5) is 5.82 Å². The molecule has 7 rings (SSSR count). The maximum absolute atomic E-state index is 13.4. The fraction of sp³-hybridized carbons (Fsp3) is 0.469. The highest BCUT2D eigenvalue weighted by Crippen LogP contribution is 2.36. The Morgan fingerprint density at radius 3 is 2.77 bits per heavy atom. The van der Waals surface area contributed by atoms with Crippen molar-refractivity contribution >= 4 is 50.1 Å². The lowest BCUT2D eigenvalue weighted by molar-refractivity contribution is -0.139. The van der Waals surface area contributed by atoms with Crippen LogP contribution in [0, 0.1) is 5.92 Å². The van der Waals surface area contributed by atoms with Crippen molar-refractivity contribution in [3.05, 3.63) is 48.0 Å². The SMILES string of the molecule is C=CC(=O)N[C@@H]1CCC[C@H](C(=O)N2CCN(Cc3cc4nc(-c5cccc6[nH]ncc56)nc(N5CCOCC5)c4s3)CC2)C1. The molecule has 230 valence electrons. The second-order valence-corrected chi connectivity index (χ2v) is 13.0. The summed E-state index contributed by atoms with van der Waals surface area (Å²) >= 11 is 1.77. The predicted molar refractivity (Wildman–Crippen MR) is 171 cm³/mol. The van der Waals surface area contributed by atoms with Crippen molar-refractivity contribution in [2.24, 2.45) is 5.92 Å². The third-order valence-corrected chi connectivity index (χ3v) is 10.2. The van der Waals surface area contributed by atoms with E-state index in [0.29, 0.717) is 25.5 Å². The molecule has 4 aromatic rings. The Labute approximate surface area is 260 Å². The van der Waals surface area contributed by atoms with Crippen LogP contribution in [0.3, 0.4) is 0 Å². The molecule has 2 amide bonds. The molecule has 11 nitrogen and oxygen atoms in total. The summed E-state index contributed by atoms with van der Waals surface area (Å²) in [5, 5.41) is 11.3. The molecule has 0 unspecified atom stereocenters. The first kappa shape index (κ1) is 28.9. The smallest absolute Gasteiger partial charge is 0.243 e. The van der Waals surface area contributed by atoms with E-state index in [-0.39, 0.29) is 23.8 Å². The molecule has 2 aliphatic heterocycles. The Morgan fingerprint density at radius 2 is 1.95 bits per heavy atom. The molecule has 12 heteroatoms. The van der Waals surface area contributed by atoms with E-state index in [1.807, 2.05) is 23.2 Å². The Kier molecular flexibility index (Phi) is 8.28. The van der Waals surface area contributed by atoms with Crippen molar-refractivity contribution in [3.8, 4) is 11.4 Å². The number of fused-ring (bicyclic) bond motifs is 2. The van der Waals surface area contributed by atoms with E-state index in [1.165, 1.54) is 11.0 Å². The maximum atomic E-state index is 13.4. The van der Waals surface area contributed by atoms with Gasteiger partial charge in [0.25, 0.3) is 0 Å². The van der Waals surface area contributed by atoms with Gasteiger partial charge < -0.3 is 19.9 Å². The fourth-order valence-electron chi connectivity index (χ4n) is 6.73. The number of aromatic nitrogens is 4. The van der Waals surface area contributed by atoms with Gasteiger partial charge in [-0.05, 0) is 37.5 Å². The van der Waals surface area contributed by atoms with Crippen molar-refractivity contribution in [2.75, 3.05) is 57.4 Å². The van der Waals surface area contributed by atoms with E-state index in [0.717, 1.165) is 97.6 Å². The van der Waals surface area contributed by atoms with Crippen LogP contribution >= 0.6 is 11.3 Å². The number of nitrogens with one attached hydrogen (secondary N) is 2. The second-order valence-electron chi connectivity index (χ2n) is 11.9. The first-order valence-corrected chi connectivity index (χ1v) is 16.4. The summed E-state index contributed by atoms with van der Waals surface area (Å²) in [5.74, 6) is 1.72. The van der Waals surface area contributed by atoms with Gasteiger partial charge in [-0.2, -0.15) is 5.10 Å². The molecule has 1 aliphatic carbocycles.